The molecule has 5 heteroatoms. The monoisotopic (exact) mass is 316 g/mol. The van der Waals surface area contributed by atoms with Gasteiger partial charge in [-0.25, -0.2) is 0 Å². The van der Waals surface area contributed by atoms with Gasteiger partial charge < -0.3 is 9.47 Å². The fraction of sp³-hybridized carbons (Fsp3) is 0.533. The molecule has 0 atom stereocenters. The van der Waals surface area contributed by atoms with Gasteiger partial charge in [0.25, 0.3) is 0 Å². The van der Waals surface area contributed by atoms with E-state index in [0.29, 0.717) is 17.4 Å². The number of ether oxygens (including phenoxy) is 2. The molecule has 0 unspecified atom stereocenters. The van der Waals surface area contributed by atoms with Crippen molar-refractivity contribution in [3.8, 4) is 11.5 Å². The zero-order chi connectivity index (χ0) is 14.7. The lowest BCUT2D eigenvalue weighted by Gasteiger charge is -2.24. The van der Waals surface area contributed by atoms with Gasteiger partial charge in [-0.1, -0.05) is 30.1 Å². The lowest BCUT2D eigenvalue weighted by atomic mass is 9.83. The van der Waals surface area contributed by atoms with Gasteiger partial charge in [-0.3, -0.25) is 4.79 Å². The highest BCUT2D eigenvalue weighted by Gasteiger charge is 2.26. The van der Waals surface area contributed by atoms with Crippen LogP contribution in [0.15, 0.2) is 12.1 Å². The third kappa shape index (κ3) is 3.39. The molecular weight excluding hydrogens is 299 g/mol. The lowest BCUT2D eigenvalue weighted by Crippen LogP contribution is -2.25. The summed E-state index contributed by atoms with van der Waals surface area (Å²) in [6.07, 6.45) is 3.89. The predicted octanol–water partition coefficient (Wildman–Crippen LogP) is 4.73. The molecule has 0 spiro atoms. The summed E-state index contributed by atoms with van der Waals surface area (Å²) in [6.45, 7) is 2.21. The maximum atomic E-state index is 12.1. The number of benzene rings is 1. The van der Waals surface area contributed by atoms with Crippen molar-refractivity contribution in [3.05, 3.63) is 22.2 Å². The van der Waals surface area contributed by atoms with Crippen molar-refractivity contribution in [2.45, 2.75) is 32.6 Å². The average Bonchev–Trinajstić information content (AvgIpc) is 2.45. The quantitative estimate of drug-likeness (QED) is 0.597. The Hall–Kier alpha value is -0.930. The van der Waals surface area contributed by atoms with E-state index in [1.54, 1.807) is 12.1 Å². The number of halogens is 2. The van der Waals surface area contributed by atoms with Crippen molar-refractivity contribution < 1.29 is 14.3 Å². The molecule has 1 aromatic rings. The van der Waals surface area contributed by atoms with E-state index in [0.717, 1.165) is 25.7 Å². The Morgan fingerprint density at radius 1 is 1.10 bits per heavy atom. The highest BCUT2D eigenvalue weighted by Crippen LogP contribution is 2.39. The van der Waals surface area contributed by atoms with Gasteiger partial charge >= 0.3 is 5.97 Å². The van der Waals surface area contributed by atoms with Crippen molar-refractivity contribution >= 4 is 29.2 Å². The molecule has 2 rings (SSSR count). The summed E-state index contributed by atoms with van der Waals surface area (Å²) in [4.78, 5) is 12.1. The van der Waals surface area contributed by atoms with E-state index in [1.807, 2.05) is 0 Å². The van der Waals surface area contributed by atoms with Crippen LogP contribution in [0.2, 0.25) is 10.0 Å². The second kappa shape index (κ2) is 6.68. The molecule has 0 saturated heterocycles. The summed E-state index contributed by atoms with van der Waals surface area (Å²) in [6, 6.07) is 3.25. The first kappa shape index (κ1) is 15.5. The number of esters is 1. The lowest BCUT2D eigenvalue weighted by molar-refractivity contribution is -0.140. The Morgan fingerprint density at radius 3 is 2.25 bits per heavy atom. The second-order valence-corrected chi connectivity index (χ2v) is 6.03. The van der Waals surface area contributed by atoms with E-state index in [1.165, 1.54) is 7.11 Å². The SMILES string of the molecule is COc1ccc(OC(=O)C2CCC(C)CC2)c(Cl)c1Cl. The van der Waals surface area contributed by atoms with E-state index in [4.69, 9.17) is 32.7 Å². The summed E-state index contributed by atoms with van der Waals surface area (Å²) in [5.74, 6) is 1.19. The zero-order valence-corrected chi connectivity index (χ0v) is 13.1. The predicted molar refractivity (Wildman–Crippen MR) is 79.8 cm³/mol. The first-order valence-corrected chi connectivity index (χ1v) is 7.52. The molecule has 1 aliphatic rings. The molecule has 1 saturated carbocycles. The van der Waals surface area contributed by atoms with Crippen molar-refractivity contribution in [1.29, 1.82) is 0 Å². The molecule has 20 heavy (non-hydrogen) atoms. The van der Waals surface area contributed by atoms with Crippen molar-refractivity contribution in [2.24, 2.45) is 11.8 Å². The van der Waals surface area contributed by atoms with Gasteiger partial charge in [-0.15, -0.1) is 0 Å². The van der Waals surface area contributed by atoms with Gasteiger partial charge in [0.15, 0.2) is 5.75 Å². The highest BCUT2D eigenvalue weighted by atomic mass is 35.5. The minimum atomic E-state index is -0.222. The molecular formula is C15H18Cl2O3. The molecule has 0 amide bonds. The first-order valence-electron chi connectivity index (χ1n) is 6.76. The highest BCUT2D eigenvalue weighted by molar-refractivity contribution is 6.43. The minimum Gasteiger partial charge on any atom is -0.495 e. The fourth-order valence-corrected chi connectivity index (χ4v) is 2.87. The Labute approximate surface area is 129 Å². The van der Waals surface area contributed by atoms with E-state index in [2.05, 4.69) is 6.92 Å². The molecule has 0 radical (unpaired) electrons. The third-order valence-electron chi connectivity index (χ3n) is 3.79. The van der Waals surface area contributed by atoms with Crippen LogP contribution in [0.4, 0.5) is 0 Å². The molecule has 0 heterocycles. The number of carbonyl (C=O) groups excluding carboxylic acids is 1. The van der Waals surface area contributed by atoms with Gasteiger partial charge in [0.2, 0.25) is 0 Å². The summed E-state index contributed by atoms with van der Waals surface area (Å²) in [7, 11) is 1.51. The second-order valence-electron chi connectivity index (χ2n) is 5.27. The minimum absolute atomic E-state index is 0.0388. The largest absolute Gasteiger partial charge is 0.495 e. The molecule has 1 aromatic carbocycles. The molecule has 110 valence electrons. The van der Waals surface area contributed by atoms with Gasteiger partial charge in [-0.2, -0.15) is 0 Å². The van der Waals surface area contributed by atoms with E-state index in [-0.39, 0.29) is 21.9 Å². The zero-order valence-electron chi connectivity index (χ0n) is 11.6. The van der Waals surface area contributed by atoms with Gasteiger partial charge in [0.05, 0.1) is 13.0 Å². The Balaban J connectivity index is 2.06. The molecule has 3 nitrogen and oxygen atoms in total. The summed E-state index contributed by atoms with van der Waals surface area (Å²) >= 11 is 12.1. The van der Waals surface area contributed by atoms with Gasteiger partial charge in [0, 0.05) is 0 Å². The average molecular weight is 317 g/mol. The van der Waals surface area contributed by atoms with Crippen LogP contribution in [0.1, 0.15) is 32.6 Å². The smallest absolute Gasteiger partial charge is 0.314 e. The van der Waals surface area contributed by atoms with Crippen LogP contribution in [0.3, 0.4) is 0 Å². The van der Waals surface area contributed by atoms with E-state index >= 15 is 0 Å². The summed E-state index contributed by atoms with van der Waals surface area (Å²) < 4.78 is 10.4. The van der Waals surface area contributed by atoms with Crippen molar-refractivity contribution in [3.63, 3.8) is 0 Å². The van der Waals surface area contributed by atoms with Crippen LogP contribution < -0.4 is 9.47 Å². The maximum absolute atomic E-state index is 12.1. The number of hydrogen-bond acceptors (Lipinski definition) is 3. The summed E-state index contributed by atoms with van der Waals surface area (Å²) in [5, 5.41) is 0.472. The van der Waals surface area contributed by atoms with Crippen molar-refractivity contribution in [1.82, 2.24) is 0 Å². The molecule has 0 aromatic heterocycles. The Kier molecular flexibility index (Phi) is 5.17. The molecule has 1 aliphatic carbocycles. The van der Waals surface area contributed by atoms with Crippen LogP contribution in [-0.4, -0.2) is 13.1 Å². The van der Waals surface area contributed by atoms with Crippen LogP contribution >= 0.6 is 23.2 Å². The normalized spacial score (nSPS) is 22.4. The Bertz CT molecular complexity index is 494. The van der Waals surface area contributed by atoms with E-state index < -0.39 is 0 Å². The number of methoxy groups -OCH3 is 1. The topological polar surface area (TPSA) is 35.5 Å². The van der Waals surface area contributed by atoms with Crippen LogP contribution in [-0.2, 0) is 4.79 Å². The molecule has 0 aliphatic heterocycles. The maximum Gasteiger partial charge on any atom is 0.314 e. The third-order valence-corrected chi connectivity index (χ3v) is 4.64. The van der Waals surface area contributed by atoms with Crippen LogP contribution in [0.25, 0.3) is 0 Å². The standard InChI is InChI=1S/C15H18Cl2O3/c1-9-3-5-10(6-4-9)15(18)20-12-8-7-11(19-2)13(16)14(12)17/h7-10H,3-6H2,1-2H3. The molecule has 0 N–H and O–H groups in total. The van der Waals surface area contributed by atoms with Gasteiger partial charge in [0.1, 0.15) is 15.8 Å². The molecule has 0 bridgehead atoms. The fourth-order valence-electron chi connectivity index (χ4n) is 2.44. The molecule has 1 fully saturated rings. The first-order chi connectivity index (χ1) is 9.52. The van der Waals surface area contributed by atoms with E-state index in [9.17, 15) is 4.79 Å². The number of rotatable bonds is 3. The van der Waals surface area contributed by atoms with Crippen LogP contribution in [0.5, 0.6) is 11.5 Å². The summed E-state index contributed by atoms with van der Waals surface area (Å²) in [5.41, 5.74) is 0. The van der Waals surface area contributed by atoms with Crippen molar-refractivity contribution in [2.75, 3.05) is 7.11 Å². The van der Waals surface area contributed by atoms with Gasteiger partial charge in [-0.05, 0) is 43.7 Å². The number of carbonyl (C=O) groups is 1. The Morgan fingerprint density at radius 2 is 1.65 bits per heavy atom. The van der Waals surface area contributed by atoms with Crippen LogP contribution in [0, 0.1) is 11.8 Å². The number of hydrogen-bond donors (Lipinski definition) is 0.